The number of Topliss-reactive ketones (excluding diaryl/α,β-unsaturated/α-hetero) is 1. The number of fused-ring (bicyclic) bond motifs is 1. The minimum absolute atomic E-state index is 0.137. The quantitative estimate of drug-likeness (QED) is 0.189. The van der Waals surface area contributed by atoms with Gasteiger partial charge in [0.25, 0.3) is 12.1 Å². The molecule has 2 rings (SSSR count). The van der Waals surface area contributed by atoms with Gasteiger partial charge in [0.1, 0.15) is 17.1 Å². The first-order valence-electron chi connectivity index (χ1n) is 6.48. The number of carboxylic acids is 1. The second-order valence-electron chi connectivity index (χ2n) is 4.63. The maximum atomic E-state index is 12.1. The molecule has 1 fully saturated rings. The predicted octanol–water partition coefficient (Wildman–Crippen LogP) is 0.148. The van der Waals surface area contributed by atoms with Crippen LogP contribution >= 0.6 is 23.4 Å². The van der Waals surface area contributed by atoms with Gasteiger partial charge in [-0.1, -0.05) is 12.7 Å². The van der Waals surface area contributed by atoms with Crippen LogP contribution in [0.25, 0.3) is 0 Å². The summed E-state index contributed by atoms with van der Waals surface area (Å²) in [5.41, 5.74) is 2.53. The summed E-state index contributed by atoms with van der Waals surface area (Å²) in [5, 5.41) is 11.1. The lowest BCUT2D eigenvalue weighted by molar-refractivity contribution is -0.359. The minimum atomic E-state index is -1.76. The van der Waals surface area contributed by atoms with Crippen LogP contribution in [0.4, 0.5) is 0 Å². The Morgan fingerprint density at radius 1 is 1.62 bits per heavy atom. The van der Waals surface area contributed by atoms with Gasteiger partial charge in [0.15, 0.2) is 0 Å². The van der Waals surface area contributed by atoms with Gasteiger partial charge in [-0.3, -0.25) is 14.5 Å². The summed E-state index contributed by atoms with van der Waals surface area (Å²) in [4.78, 5) is 55.1. The number of carboxylic acid groups (broad SMARTS) is 1. The summed E-state index contributed by atoms with van der Waals surface area (Å²) in [7, 11) is 0. The summed E-state index contributed by atoms with van der Waals surface area (Å²) < 4.78 is 0. The summed E-state index contributed by atoms with van der Waals surface area (Å²) in [5.74, 6) is -2.76. The van der Waals surface area contributed by atoms with Crippen molar-refractivity contribution >= 4 is 41.0 Å². The molecule has 2 aliphatic rings. The van der Waals surface area contributed by atoms with Crippen LogP contribution in [0.5, 0.6) is 0 Å². The van der Waals surface area contributed by atoms with E-state index in [0.717, 1.165) is 4.90 Å². The van der Waals surface area contributed by atoms with Gasteiger partial charge in [-0.15, -0.1) is 33.3 Å². The second-order valence-corrected chi connectivity index (χ2v) is 6.00. The molecule has 2 N–H and O–H groups in total. The number of allylic oxidation sites excluding steroid dienone is 1. The lowest BCUT2D eigenvalue weighted by Gasteiger charge is -2.48. The Hall–Kier alpha value is -1.79. The van der Waals surface area contributed by atoms with Crippen molar-refractivity contribution in [1.29, 1.82) is 0 Å². The monoisotopic (exact) mass is 377 g/mol. The number of β-lactam (4-membered cyclic amide) rings is 1. The molecule has 0 saturated carbocycles. The largest absolute Gasteiger partial charge is 0.477 e. The number of carbonyl (C=O) groups is 3. The highest BCUT2D eigenvalue weighted by Gasteiger charge is 2.53. The highest BCUT2D eigenvalue weighted by Crippen LogP contribution is 2.40. The summed E-state index contributed by atoms with van der Waals surface area (Å²) in [6.45, 7) is 3.53. The van der Waals surface area contributed by atoms with E-state index in [-0.39, 0.29) is 5.70 Å². The SMILES string of the molecule is C=CC1=C(C(=O)O)N2C(=O)C(NOOC(N=O)C(=O)CCl)C2SC1. The molecule has 2 heterocycles. The van der Waals surface area contributed by atoms with Crippen LogP contribution in [0.3, 0.4) is 0 Å². The van der Waals surface area contributed by atoms with Crippen molar-refractivity contribution in [2.75, 3.05) is 11.6 Å². The van der Waals surface area contributed by atoms with Crippen LogP contribution in [0, 0.1) is 4.91 Å². The standard InChI is InChI=1S/C12H12ClN3O7S/c1-2-5-4-24-11-7(10(18)16(11)8(5)12(19)20)15-23-22-9(14-21)6(17)3-13/h2,7,9,11,15H,1,3-4H2,(H,19,20). The molecular weight excluding hydrogens is 366 g/mol. The molecule has 0 bridgehead atoms. The third-order valence-corrected chi connectivity index (χ3v) is 4.83. The van der Waals surface area contributed by atoms with E-state index in [9.17, 15) is 24.4 Å². The number of nitrogens with zero attached hydrogens (tertiary/aromatic N) is 2. The Bertz CT molecular complexity index is 626. The number of carbonyl (C=O) groups excluding carboxylic acids is 2. The lowest BCUT2D eigenvalue weighted by Crippen LogP contribution is -2.69. The van der Waals surface area contributed by atoms with E-state index < -0.39 is 41.2 Å². The summed E-state index contributed by atoms with van der Waals surface area (Å²) >= 11 is 6.55. The summed E-state index contributed by atoms with van der Waals surface area (Å²) in [6.07, 6.45) is -0.375. The van der Waals surface area contributed by atoms with Crippen molar-refractivity contribution in [2.45, 2.75) is 17.6 Å². The van der Waals surface area contributed by atoms with Crippen LogP contribution in [-0.4, -0.2) is 56.9 Å². The van der Waals surface area contributed by atoms with Crippen LogP contribution in [0.2, 0.25) is 0 Å². The van der Waals surface area contributed by atoms with Crippen molar-refractivity contribution in [3.8, 4) is 0 Å². The predicted molar refractivity (Wildman–Crippen MR) is 82.4 cm³/mol. The second kappa shape index (κ2) is 7.85. The molecule has 130 valence electrons. The first-order chi connectivity index (χ1) is 11.5. The van der Waals surface area contributed by atoms with E-state index in [1.807, 2.05) is 0 Å². The molecule has 0 aromatic heterocycles. The van der Waals surface area contributed by atoms with Crippen LogP contribution in [0.15, 0.2) is 29.1 Å². The number of hydrogen-bond donors (Lipinski definition) is 2. The van der Waals surface area contributed by atoms with Gasteiger partial charge in [-0.25, -0.2) is 4.79 Å². The van der Waals surface area contributed by atoms with Crippen LogP contribution in [0.1, 0.15) is 0 Å². The Labute approximate surface area is 144 Å². The van der Waals surface area contributed by atoms with Gasteiger partial charge in [-0.05, 0) is 10.7 Å². The highest BCUT2D eigenvalue weighted by molar-refractivity contribution is 8.00. The highest BCUT2D eigenvalue weighted by atomic mass is 35.5. The molecule has 0 spiro atoms. The molecule has 1 amide bonds. The lowest BCUT2D eigenvalue weighted by atomic mass is 10.0. The molecule has 0 aromatic rings. The molecule has 24 heavy (non-hydrogen) atoms. The molecule has 0 radical (unpaired) electrons. The molecule has 3 unspecified atom stereocenters. The zero-order chi connectivity index (χ0) is 17.9. The Morgan fingerprint density at radius 2 is 2.33 bits per heavy atom. The number of halogens is 1. The molecule has 1 saturated heterocycles. The third kappa shape index (κ3) is 3.35. The fraction of sp³-hybridized carbons (Fsp3) is 0.417. The topological polar surface area (TPSA) is 135 Å². The molecule has 3 atom stereocenters. The number of hydrogen-bond acceptors (Lipinski definition) is 9. The van der Waals surface area contributed by atoms with Crippen molar-refractivity contribution in [1.82, 2.24) is 10.4 Å². The van der Waals surface area contributed by atoms with E-state index in [1.165, 1.54) is 17.8 Å². The Balaban J connectivity index is 1.98. The zero-order valence-corrected chi connectivity index (χ0v) is 13.6. The van der Waals surface area contributed by atoms with E-state index in [1.54, 1.807) is 0 Å². The fourth-order valence-corrected chi connectivity index (χ4v) is 3.56. The number of aliphatic carboxylic acids is 1. The molecule has 2 aliphatic heterocycles. The van der Waals surface area contributed by atoms with Gasteiger partial charge >= 0.3 is 5.97 Å². The normalized spacial score (nSPS) is 24.0. The number of rotatable bonds is 9. The number of alkyl halides is 1. The number of hydroxylamine groups is 1. The fourth-order valence-electron chi connectivity index (χ4n) is 2.10. The van der Waals surface area contributed by atoms with E-state index >= 15 is 0 Å². The smallest absolute Gasteiger partial charge is 0.352 e. The van der Waals surface area contributed by atoms with Crippen molar-refractivity contribution in [3.63, 3.8) is 0 Å². The van der Waals surface area contributed by atoms with Crippen LogP contribution < -0.4 is 5.48 Å². The van der Waals surface area contributed by atoms with Gasteiger partial charge in [0.2, 0.25) is 5.78 Å². The number of nitrogens with one attached hydrogen (secondary N) is 1. The molecule has 0 aliphatic carbocycles. The molecular formula is C12H12ClN3O7S. The van der Waals surface area contributed by atoms with Gasteiger partial charge in [-0.2, -0.15) is 10.4 Å². The minimum Gasteiger partial charge on any atom is -0.477 e. The van der Waals surface area contributed by atoms with Crippen molar-refractivity contribution in [2.24, 2.45) is 5.18 Å². The van der Waals surface area contributed by atoms with Gasteiger partial charge < -0.3 is 5.11 Å². The summed E-state index contributed by atoms with van der Waals surface area (Å²) in [6, 6.07) is -0.908. The number of nitroso groups, excluding NO2 is 1. The molecule has 10 nitrogen and oxygen atoms in total. The average molecular weight is 378 g/mol. The first kappa shape index (κ1) is 18.5. The number of thioether (sulfide) groups is 1. The zero-order valence-electron chi connectivity index (χ0n) is 12.0. The van der Waals surface area contributed by atoms with Gasteiger partial charge in [0, 0.05) is 5.75 Å². The van der Waals surface area contributed by atoms with E-state index in [2.05, 4.69) is 27.1 Å². The molecule has 0 aromatic carbocycles. The Kier molecular flexibility index (Phi) is 6.07. The maximum Gasteiger partial charge on any atom is 0.352 e. The number of ketones is 1. The van der Waals surface area contributed by atoms with Gasteiger partial charge in [0.05, 0.1) is 5.88 Å². The maximum absolute atomic E-state index is 12.1. The Morgan fingerprint density at radius 3 is 2.88 bits per heavy atom. The van der Waals surface area contributed by atoms with E-state index in [0.29, 0.717) is 11.3 Å². The van der Waals surface area contributed by atoms with Crippen molar-refractivity contribution < 1.29 is 29.4 Å². The first-order valence-corrected chi connectivity index (χ1v) is 8.07. The van der Waals surface area contributed by atoms with E-state index in [4.69, 9.17) is 11.6 Å². The number of amides is 1. The van der Waals surface area contributed by atoms with Crippen LogP contribution in [-0.2, 0) is 24.3 Å². The average Bonchev–Trinajstić information content (AvgIpc) is 2.59. The molecule has 12 heteroatoms. The van der Waals surface area contributed by atoms with Crippen molar-refractivity contribution in [3.05, 3.63) is 28.8 Å². The third-order valence-electron chi connectivity index (χ3n) is 3.26.